The van der Waals surface area contributed by atoms with Gasteiger partial charge in [-0.1, -0.05) is 35.6 Å². The molecule has 9 heteroatoms. The quantitative estimate of drug-likeness (QED) is 0.214. The van der Waals surface area contributed by atoms with Crippen molar-refractivity contribution in [3.8, 4) is 17.0 Å². The third-order valence-electron chi connectivity index (χ3n) is 9.84. The minimum atomic E-state index is -4.04. The Morgan fingerprint density at radius 3 is 2.57 bits per heavy atom. The Morgan fingerprint density at radius 2 is 1.83 bits per heavy atom. The number of rotatable bonds is 6. The van der Waals surface area contributed by atoms with E-state index in [-0.39, 0.29) is 28.0 Å². The van der Waals surface area contributed by atoms with E-state index in [0.29, 0.717) is 37.3 Å². The molecule has 216 valence electrons. The summed E-state index contributed by atoms with van der Waals surface area (Å²) in [6.45, 7) is 8.59. The van der Waals surface area contributed by atoms with Crippen LogP contribution in [0.1, 0.15) is 59.8 Å². The molecule has 4 aromatic rings. The number of benzene rings is 3. The zero-order chi connectivity index (χ0) is 29.4. The summed E-state index contributed by atoms with van der Waals surface area (Å²) in [6.07, 6.45) is 4.61. The van der Waals surface area contributed by atoms with Gasteiger partial charge < -0.3 is 9.29 Å². The normalized spacial score (nSPS) is 26.2. The van der Waals surface area contributed by atoms with Gasteiger partial charge in [0.1, 0.15) is 22.2 Å². The fourth-order valence-corrected chi connectivity index (χ4v) is 8.76. The molecule has 0 radical (unpaired) electrons. The Labute approximate surface area is 244 Å². The molecule has 2 bridgehead atoms. The SMILES string of the molecule is C=C1C[C@]23C[C@@]1(O)CC[C@H]2c1ccc(OS(=O)(=O)c2ccc(C)cc2)c(C)c1[C@@H]3Cn1cc(-c2ccc(F)cc2)nn1. The molecule has 0 aliphatic heterocycles. The summed E-state index contributed by atoms with van der Waals surface area (Å²) >= 11 is 0. The maximum absolute atomic E-state index is 13.5. The van der Waals surface area contributed by atoms with Gasteiger partial charge in [-0.15, -0.1) is 5.10 Å². The van der Waals surface area contributed by atoms with Crippen molar-refractivity contribution in [2.45, 2.75) is 68.4 Å². The third-order valence-corrected chi connectivity index (χ3v) is 11.1. The van der Waals surface area contributed by atoms with Crippen LogP contribution in [0, 0.1) is 25.1 Å². The average Bonchev–Trinajstić information content (AvgIpc) is 3.58. The summed E-state index contributed by atoms with van der Waals surface area (Å²) in [4.78, 5) is 0.102. The van der Waals surface area contributed by atoms with E-state index in [4.69, 9.17) is 4.18 Å². The van der Waals surface area contributed by atoms with Crippen LogP contribution < -0.4 is 4.18 Å². The molecular formula is C33H32FN3O4S. The summed E-state index contributed by atoms with van der Waals surface area (Å²) in [7, 11) is -4.04. The molecule has 0 unspecified atom stereocenters. The lowest BCUT2D eigenvalue weighted by molar-refractivity contribution is 0.00370. The van der Waals surface area contributed by atoms with Crippen molar-refractivity contribution < 1.29 is 22.1 Å². The van der Waals surface area contributed by atoms with Crippen LogP contribution in [0.2, 0.25) is 0 Å². The van der Waals surface area contributed by atoms with Crippen LogP contribution in [0.4, 0.5) is 4.39 Å². The molecule has 7 rings (SSSR count). The predicted molar refractivity (Wildman–Crippen MR) is 156 cm³/mol. The summed E-state index contributed by atoms with van der Waals surface area (Å²) in [5.74, 6) is 0.0885. The number of aliphatic hydroxyl groups is 1. The van der Waals surface area contributed by atoms with Gasteiger partial charge in [0.2, 0.25) is 0 Å². The first-order valence-electron chi connectivity index (χ1n) is 14.2. The molecule has 0 amide bonds. The van der Waals surface area contributed by atoms with Crippen molar-refractivity contribution in [1.82, 2.24) is 15.0 Å². The Kier molecular flexibility index (Phi) is 6.01. The molecule has 3 aliphatic rings. The van der Waals surface area contributed by atoms with Crippen LogP contribution in [0.5, 0.6) is 5.75 Å². The van der Waals surface area contributed by atoms with Gasteiger partial charge in [-0.3, -0.25) is 4.68 Å². The van der Waals surface area contributed by atoms with Crippen molar-refractivity contribution >= 4 is 10.1 Å². The predicted octanol–water partition coefficient (Wildman–Crippen LogP) is 6.21. The lowest BCUT2D eigenvalue weighted by Crippen LogP contribution is -2.39. The second-order valence-electron chi connectivity index (χ2n) is 12.2. The van der Waals surface area contributed by atoms with Crippen molar-refractivity contribution in [2.24, 2.45) is 5.41 Å². The van der Waals surface area contributed by atoms with Gasteiger partial charge in [0, 0.05) is 11.5 Å². The van der Waals surface area contributed by atoms with Gasteiger partial charge in [-0.05, 0) is 116 Å². The second kappa shape index (κ2) is 9.34. The molecule has 1 spiro atoms. The highest BCUT2D eigenvalue weighted by Crippen LogP contribution is 2.72. The van der Waals surface area contributed by atoms with Gasteiger partial charge >= 0.3 is 10.1 Å². The van der Waals surface area contributed by atoms with Crippen molar-refractivity contribution in [1.29, 1.82) is 0 Å². The number of aromatic nitrogens is 3. The van der Waals surface area contributed by atoms with E-state index in [2.05, 4.69) is 16.9 Å². The minimum Gasteiger partial charge on any atom is -0.386 e. The van der Waals surface area contributed by atoms with Gasteiger partial charge in [0.05, 0.1) is 18.3 Å². The van der Waals surface area contributed by atoms with Gasteiger partial charge in [-0.2, -0.15) is 8.42 Å². The standard InChI is InChI=1S/C33H32FN3O4S/c1-20-4-10-25(11-5-20)42(39,40)41-30-13-12-26-27-14-15-33(38)19-32(27,16-21(33)2)28(31(26)22(30)3)17-37-18-29(35-36-37)23-6-8-24(34)9-7-23/h4-13,18,27-28,38H,2,14-17,19H2,1,3H3/t27-,28-,32-,33-/m0/s1. The first-order chi connectivity index (χ1) is 20.0. The van der Waals surface area contributed by atoms with E-state index < -0.39 is 15.7 Å². The summed E-state index contributed by atoms with van der Waals surface area (Å²) in [5.41, 5.74) is 5.04. The maximum atomic E-state index is 13.5. The van der Waals surface area contributed by atoms with Crippen LogP contribution >= 0.6 is 0 Å². The van der Waals surface area contributed by atoms with Crippen molar-refractivity contribution in [3.05, 3.63) is 107 Å². The highest BCUT2D eigenvalue weighted by atomic mass is 32.2. The number of fused-ring (bicyclic) bond motifs is 3. The fraction of sp³-hybridized carbons (Fsp3) is 0.333. The molecule has 2 saturated carbocycles. The molecule has 7 nitrogen and oxygen atoms in total. The lowest BCUT2D eigenvalue weighted by atomic mass is 9.63. The van der Waals surface area contributed by atoms with E-state index in [0.717, 1.165) is 34.2 Å². The van der Waals surface area contributed by atoms with E-state index >= 15 is 0 Å². The number of nitrogens with zero attached hydrogens (tertiary/aromatic N) is 3. The van der Waals surface area contributed by atoms with Gasteiger partial charge in [0.25, 0.3) is 0 Å². The fourth-order valence-electron chi connectivity index (χ4n) is 7.78. The summed E-state index contributed by atoms with van der Waals surface area (Å²) in [5, 5.41) is 20.3. The van der Waals surface area contributed by atoms with Gasteiger partial charge in [-0.25, -0.2) is 4.39 Å². The van der Waals surface area contributed by atoms with Crippen LogP contribution in [0.3, 0.4) is 0 Å². The molecule has 3 aliphatic carbocycles. The van der Waals surface area contributed by atoms with Crippen molar-refractivity contribution in [2.75, 3.05) is 0 Å². The van der Waals surface area contributed by atoms with Crippen LogP contribution in [0.25, 0.3) is 11.3 Å². The molecule has 1 heterocycles. The zero-order valence-electron chi connectivity index (χ0n) is 23.5. The Morgan fingerprint density at radius 1 is 1.10 bits per heavy atom. The Hall–Kier alpha value is -3.82. The molecule has 1 aromatic heterocycles. The topological polar surface area (TPSA) is 94.3 Å². The highest BCUT2D eigenvalue weighted by molar-refractivity contribution is 7.87. The van der Waals surface area contributed by atoms with E-state index in [1.54, 1.807) is 47.1 Å². The summed E-state index contributed by atoms with van der Waals surface area (Å²) in [6, 6.07) is 16.5. The summed E-state index contributed by atoms with van der Waals surface area (Å²) < 4.78 is 47.6. The monoisotopic (exact) mass is 585 g/mol. The molecular weight excluding hydrogens is 553 g/mol. The smallest absolute Gasteiger partial charge is 0.339 e. The third kappa shape index (κ3) is 4.13. The van der Waals surface area contributed by atoms with Crippen LogP contribution in [-0.4, -0.2) is 34.1 Å². The minimum absolute atomic E-state index is 0.0861. The average molecular weight is 586 g/mol. The number of hydrogen-bond acceptors (Lipinski definition) is 6. The number of halogens is 1. The Balaban J connectivity index is 1.30. The molecule has 2 fully saturated rings. The Bertz CT molecular complexity index is 1830. The maximum Gasteiger partial charge on any atom is 0.339 e. The molecule has 3 aromatic carbocycles. The van der Waals surface area contributed by atoms with E-state index in [9.17, 15) is 17.9 Å². The van der Waals surface area contributed by atoms with Crippen LogP contribution in [-0.2, 0) is 16.7 Å². The van der Waals surface area contributed by atoms with Gasteiger partial charge in [0.15, 0.2) is 0 Å². The van der Waals surface area contributed by atoms with E-state index in [1.165, 1.54) is 17.7 Å². The number of hydrogen-bond donors (Lipinski definition) is 1. The molecule has 0 saturated heterocycles. The first kappa shape index (κ1) is 27.0. The second-order valence-corrected chi connectivity index (χ2v) is 13.8. The lowest BCUT2D eigenvalue weighted by Gasteiger charge is -2.42. The zero-order valence-corrected chi connectivity index (χ0v) is 24.4. The van der Waals surface area contributed by atoms with Crippen molar-refractivity contribution in [3.63, 3.8) is 0 Å². The number of aryl methyl sites for hydroxylation is 1. The molecule has 42 heavy (non-hydrogen) atoms. The van der Waals surface area contributed by atoms with Crippen LogP contribution in [0.15, 0.2) is 83.9 Å². The highest BCUT2D eigenvalue weighted by Gasteiger charge is 2.64. The molecule has 4 atom stereocenters. The van der Waals surface area contributed by atoms with E-state index in [1.807, 2.05) is 26.1 Å². The molecule has 1 N–H and O–H groups in total. The first-order valence-corrected chi connectivity index (χ1v) is 15.6. The largest absolute Gasteiger partial charge is 0.386 e.